The fourth-order valence-corrected chi connectivity index (χ4v) is 6.13. The lowest BCUT2D eigenvalue weighted by atomic mass is 10.00. The van der Waals surface area contributed by atoms with Crippen molar-refractivity contribution in [1.82, 2.24) is 24.9 Å². The highest BCUT2D eigenvalue weighted by molar-refractivity contribution is 6.03. The highest BCUT2D eigenvalue weighted by Gasteiger charge is 2.09. The van der Waals surface area contributed by atoms with Crippen LogP contribution in [-0.4, -0.2) is 24.9 Å². The molecule has 5 nitrogen and oxygen atoms in total. The van der Waals surface area contributed by atoms with Crippen molar-refractivity contribution < 1.29 is 0 Å². The fraction of sp³-hybridized carbons (Fsp3) is 0. The second kappa shape index (κ2) is 10.7. The van der Waals surface area contributed by atoms with Crippen LogP contribution < -0.4 is 0 Å². The van der Waals surface area contributed by atoms with E-state index in [2.05, 4.69) is 119 Å². The number of fused-ring (bicyclic) bond motifs is 5. The molecule has 0 spiro atoms. The summed E-state index contributed by atoms with van der Waals surface area (Å²) in [6, 6.07) is 46.2. The topological polar surface area (TPSA) is 64.5 Å². The maximum absolute atomic E-state index is 5.08. The molecule has 0 aliphatic rings. The van der Waals surface area contributed by atoms with Gasteiger partial charge in [0, 0.05) is 56.8 Å². The van der Waals surface area contributed by atoms with Crippen molar-refractivity contribution in [2.24, 2.45) is 0 Å². The molecule has 0 aliphatic carbocycles. The third kappa shape index (κ3) is 4.62. The zero-order valence-corrected chi connectivity index (χ0v) is 24.7. The molecule has 0 unspecified atom stereocenters. The van der Waals surface area contributed by atoms with Crippen LogP contribution in [0.2, 0.25) is 0 Å². The minimum atomic E-state index is 0.904. The van der Waals surface area contributed by atoms with Gasteiger partial charge in [0.25, 0.3) is 0 Å². The Morgan fingerprint density at radius 3 is 1.63 bits per heavy atom. The van der Waals surface area contributed by atoms with Gasteiger partial charge in [-0.25, -0.2) is 15.0 Å². The molecule has 9 rings (SSSR count). The van der Waals surface area contributed by atoms with Crippen molar-refractivity contribution in [2.75, 3.05) is 0 Å². The third-order valence-corrected chi connectivity index (χ3v) is 8.58. The molecule has 5 heterocycles. The molecular weight excluding hydrogens is 562 g/mol. The number of pyridine rings is 5. The van der Waals surface area contributed by atoms with E-state index in [9.17, 15) is 0 Å². The minimum absolute atomic E-state index is 0.904. The van der Waals surface area contributed by atoms with Gasteiger partial charge in [-0.2, -0.15) is 0 Å². The Labute approximate surface area is 264 Å². The monoisotopic (exact) mass is 587 g/mol. The first-order chi connectivity index (χ1) is 22.7. The lowest BCUT2D eigenvalue weighted by molar-refractivity contribution is 1.30. The highest BCUT2D eigenvalue weighted by atomic mass is 14.8. The fourth-order valence-electron chi connectivity index (χ4n) is 6.13. The molecule has 0 bridgehead atoms. The van der Waals surface area contributed by atoms with Crippen molar-refractivity contribution in [3.05, 3.63) is 152 Å². The van der Waals surface area contributed by atoms with Crippen LogP contribution in [-0.2, 0) is 0 Å². The molecule has 4 aromatic carbocycles. The van der Waals surface area contributed by atoms with Crippen LogP contribution in [0.3, 0.4) is 0 Å². The van der Waals surface area contributed by atoms with Gasteiger partial charge >= 0.3 is 0 Å². The predicted octanol–water partition coefficient (Wildman–Crippen LogP) is 9.94. The van der Waals surface area contributed by atoms with Crippen LogP contribution in [0.5, 0.6) is 0 Å². The summed E-state index contributed by atoms with van der Waals surface area (Å²) in [5.41, 5.74) is 11.8. The predicted molar refractivity (Wildman–Crippen MR) is 187 cm³/mol. The number of rotatable bonds is 4. The molecule has 0 atom stereocenters. The molecule has 0 amide bonds. The normalized spacial score (nSPS) is 11.5. The van der Waals surface area contributed by atoms with Gasteiger partial charge in [0.2, 0.25) is 0 Å². The Morgan fingerprint density at radius 1 is 0.348 bits per heavy atom. The molecule has 46 heavy (non-hydrogen) atoms. The SMILES string of the molecule is c1cncc(-c2ccc3ccc(-c4ccc5ccc(-c6ccc(-c7ccc8ccc9cccnc9c8n7)cc6)cc5n4)cc3n2)c1. The van der Waals surface area contributed by atoms with E-state index >= 15 is 0 Å². The molecule has 0 fully saturated rings. The van der Waals surface area contributed by atoms with Gasteiger partial charge in [0.05, 0.1) is 39.1 Å². The summed E-state index contributed by atoms with van der Waals surface area (Å²) >= 11 is 0. The largest absolute Gasteiger partial charge is 0.264 e. The molecule has 5 heteroatoms. The van der Waals surface area contributed by atoms with E-state index in [0.29, 0.717) is 0 Å². The summed E-state index contributed by atoms with van der Waals surface area (Å²) in [7, 11) is 0. The van der Waals surface area contributed by atoms with Crippen molar-refractivity contribution in [1.29, 1.82) is 0 Å². The van der Waals surface area contributed by atoms with E-state index < -0.39 is 0 Å². The number of aromatic nitrogens is 5. The van der Waals surface area contributed by atoms with Crippen molar-refractivity contribution >= 4 is 43.6 Å². The van der Waals surface area contributed by atoms with Gasteiger partial charge in [0.15, 0.2) is 0 Å². The Morgan fingerprint density at radius 2 is 0.891 bits per heavy atom. The summed E-state index contributed by atoms with van der Waals surface area (Å²) < 4.78 is 0. The maximum Gasteiger partial charge on any atom is 0.0972 e. The van der Waals surface area contributed by atoms with Crippen molar-refractivity contribution in [3.63, 3.8) is 0 Å². The van der Waals surface area contributed by atoms with Gasteiger partial charge in [-0.3, -0.25) is 9.97 Å². The molecule has 0 N–H and O–H groups in total. The van der Waals surface area contributed by atoms with E-state index in [1.807, 2.05) is 36.7 Å². The molecule has 5 aromatic heterocycles. The second-order valence-electron chi connectivity index (χ2n) is 11.4. The van der Waals surface area contributed by atoms with Gasteiger partial charge in [-0.1, -0.05) is 84.9 Å². The van der Waals surface area contributed by atoms with E-state index in [1.54, 1.807) is 6.20 Å². The zero-order chi connectivity index (χ0) is 30.5. The lowest BCUT2D eigenvalue weighted by Crippen LogP contribution is -1.90. The van der Waals surface area contributed by atoms with Crippen LogP contribution in [0.1, 0.15) is 0 Å². The van der Waals surface area contributed by atoms with Crippen LogP contribution >= 0.6 is 0 Å². The van der Waals surface area contributed by atoms with Gasteiger partial charge < -0.3 is 0 Å². The molecule has 0 saturated carbocycles. The summed E-state index contributed by atoms with van der Waals surface area (Å²) in [5.74, 6) is 0. The second-order valence-corrected chi connectivity index (χ2v) is 11.4. The quantitative estimate of drug-likeness (QED) is 0.192. The first-order valence-electron chi connectivity index (χ1n) is 15.2. The molecule has 0 aliphatic heterocycles. The molecule has 214 valence electrons. The average Bonchev–Trinajstić information content (AvgIpc) is 3.14. The van der Waals surface area contributed by atoms with Crippen molar-refractivity contribution in [3.8, 4) is 44.9 Å². The average molecular weight is 588 g/mol. The molecule has 0 saturated heterocycles. The lowest BCUT2D eigenvalue weighted by Gasteiger charge is -2.09. The first kappa shape index (κ1) is 26.1. The Kier molecular flexibility index (Phi) is 6.06. The molecule has 0 radical (unpaired) electrons. The van der Waals surface area contributed by atoms with Crippen LogP contribution in [0.25, 0.3) is 88.5 Å². The number of hydrogen-bond acceptors (Lipinski definition) is 5. The van der Waals surface area contributed by atoms with Crippen LogP contribution in [0.15, 0.2) is 152 Å². The van der Waals surface area contributed by atoms with Crippen LogP contribution in [0, 0.1) is 0 Å². The van der Waals surface area contributed by atoms with Gasteiger partial charge in [-0.15, -0.1) is 0 Å². The highest BCUT2D eigenvalue weighted by Crippen LogP contribution is 2.31. The van der Waals surface area contributed by atoms with Gasteiger partial charge in [-0.05, 0) is 59.7 Å². The summed E-state index contributed by atoms with van der Waals surface area (Å²) in [6.45, 7) is 0. The van der Waals surface area contributed by atoms with E-state index in [1.165, 1.54) is 0 Å². The standard InChI is InChI=1S/C41H25N5/c1-4-34(25-42-21-1)37-19-16-29-10-14-33(24-39(29)45-37)36-18-15-28-9-13-32(23-38(28)44-36)26-5-7-27(8-6-26)35-20-17-31-12-11-30-3-2-22-43-40(30)41(31)46-35/h1-25H. The number of benzene rings is 4. The number of hydrogen-bond donors (Lipinski definition) is 0. The Hall–Kier alpha value is -6.33. The summed E-state index contributed by atoms with van der Waals surface area (Å²) in [4.78, 5) is 23.9. The van der Waals surface area contributed by atoms with Gasteiger partial charge in [0.1, 0.15) is 0 Å². The first-order valence-corrected chi connectivity index (χ1v) is 15.2. The Balaban J connectivity index is 1.04. The summed E-state index contributed by atoms with van der Waals surface area (Å²) in [6.07, 6.45) is 5.44. The smallest absolute Gasteiger partial charge is 0.0972 e. The van der Waals surface area contributed by atoms with E-state index in [0.717, 1.165) is 88.5 Å². The van der Waals surface area contributed by atoms with E-state index in [-0.39, 0.29) is 0 Å². The third-order valence-electron chi connectivity index (χ3n) is 8.58. The minimum Gasteiger partial charge on any atom is -0.264 e. The van der Waals surface area contributed by atoms with E-state index in [4.69, 9.17) is 15.0 Å². The molecular formula is C41H25N5. The Bertz CT molecular complexity index is 2580. The summed E-state index contributed by atoms with van der Waals surface area (Å²) in [5, 5.41) is 4.37. The maximum atomic E-state index is 5.08. The van der Waals surface area contributed by atoms with Crippen LogP contribution in [0.4, 0.5) is 0 Å². The van der Waals surface area contributed by atoms with Crippen molar-refractivity contribution in [2.45, 2.75) is 0 Å². The molecule has 9 aromatic rings. The number of nitrogens with zero attached hydrogens (tertiary/aromatic N) is 5. The zero-order valence-electron chi connectivity index (χ0n) is 24.7.